The zero-order chi connectivity index (χ0) is 18.6. The van der Waals surface area contributed by atoms with E-state index in [2.05, 4.69) is 26.6 Å². The molecule has 1 aliphatic rings. The minimum Gasteiger partial charge on any atom is -0.494 e. The fourth-order valence-electron chi connectivity index (χ4n) is 3.56. The Balaban J connectivity index is 1.44. The molecule has 3 heterocycles. The van der Waals surface area contributed by atoms with Crippen molar-refractivity contribution in [3.63, 3.8) is 0 Å². The molecule has 2 aromatic heterocycles. The summed E-state index contributed by atoms with van der Waals surface area (Å²) in [6.45, 7) is 4.23. The van der Waals surface area contributed by atoms with Crippen molar-refractivity contribution >= 4 is 38.8 Å². The molecule has 1 saturated heterocycles. The van der Waals surface area contributed by atoms with Crippen LogP contribution >= 0.6 is 11.3 Å². The van der Waals surface area contributed by atoms with Gasteiger partial charge in [-0.3, -0.25) is 4.79 Å². The van der Waals surface area contributed by atoms with E-state index >= 15 is 0 Å². The highest BCUT2D eigenvalue weighted by Crippen LogP contribution is 2.31. The van der Waals surface area contributed by atoms with Gasteiger partial charge in [-0.1, -0.05) is 0 Å². The van der Waals surface area contributed by atoms with Gasteiger partial charge in [0, 0.05) is 35.1 Å². The number of amides is 1. The van der Waals surface area contributed by atoms with Gasteiger partial charge in [-0.15, -0.1) is 11.3 Å². The predicted octanol–water partition coefficient (Wildman–Crippen LogP) is 4.55. The summed E-state index contributed by atoms with van der Waals surface area (Å²) in [6.07, 6.45) is 3.75. The molecule has 1 amide bonds. The number of piperidine rings is 1. The van der Waals surface area contributed by atoms with Crippen molar-refractivity contribution < 1.29 is 9.53 Å². The molecule has 0 unspecified atom stereocenters. The Kier molecular flexibility index (Phi) is 5.25. The number of rotatable bonds is 5. The Labute approximate surface area is 163 Å². The van der Waals surface area contributed by atoms with Gasteiger partial charge >= 0.3 is 0 Å². The molecule has 0 spiro atoms. The Bertz CT molecular complexity index is 923. The van der Waals surface area contributed by atoms with Gasteiger partial charge in [0.05, 0.1) is 12.5 Å². The summed E-state index contributed by atoms with van der Waals surface area (Å²) in [7, 11) is 0. The van der Waals surface area contributed by atoms with Crippen LogP contribution in [0.4, 0.5) is 11.5 Å². The lowest BCUT2D eigenvalue weighted by atomic mass is 9.96. The van der Waals surface area contributed by atoms with E-state index in [1.807, 2.05) is 43.5 Å². The van der Waals surface area contributed by atoms with E-state index < -0.39 is 0 Å². The van der Waals surface area contributed by atoms with Gasteiger partial charge in [0.15, 0.2) is 0 Å². The normalized spacial score (nSPS) is 17.1. The van der Waals surface area contributed by atoms with Crippen LogP contribution < -0.4 is 15.0 Å². The molecule has 1 N–H and O–H groups in total. The molecular weight excluding hydrogens is 358 g/mol. The van der Waals surface area contributed by atoms with Crippen LogP contribution in [0.3, 0.4) is 0 Å². The summed E-state index contributed by atoms with van der Waals surface area (Å²) in [5.74, 6) is 1.84. The average Bonchev–Trinajstić information content (AvgIpc) is 3.19. The SMILES string of the molecule is CCOc1ccc(NC(=O)[C@@H]2CCCN(c3nccc4sccc34)C2)cc1. The first-order valence-corrected chi connectivity index (χ1v) is 10.2. The quantitative estimate of drug-likeness (QED) is 0.704. The molecule has 0 aliphatic carbocycles. The molecule has 1 aliphatic heterocycles. The van der Waals surface area contributed by atoms with Crippen molar-refractivity contribution in [2.75, 3.05) is 29.9 Å². The first kappa shape index (κ1) is 17.8. The number of hydrogen-bond acceptors (Lipinski definition) is 5. The second kappa shape index (κ2) is 7.96. The fraction of sp³-hybridized carbons (Fsp3) is 0.333. The van der Waals surface area contributed by atoms with Crippen LogP contribution in [-0.2, 0) is 4.79 Å². The highest BCUT2D eigenvalue weighted by molar-refractivity contribution is 7.17. The van der Waals surface area contributed by atoms with E-state index in [1.54, 1.807) is 11.3 Å². The number of fused-ring (bicyclic) bond motifs is 1. The smallest absolute Gasteiger partial charge is 0.229 e. The fourth-order valence-corrected chi connectivity index (χ4v) is 4.34. The standard InChI is InChI=1S/C21H23N3O2S/c1-2-26-17-7-5-16(6-8-17)23-21(25)15-4-3-12-24(14-15)20-18-10-13-27-19(18)9-11-22-20/h5-11,13,15H,2-4,12,14H2,1H3,(H,23,25)/t15-/m1/s1. The van der Waals surface area contributed by atoms with Crippen LogP contribution in [0.15, 0.2) is 48.0 Å². The van der Waals surface area contributed by atoms with Crippen molar-refractivity contribution in [1.29, 1.82) is 0 Å². The number of carbonyl (C=O) groups excluding carboxylic acids is 1. The summed E-state index contributed by atoms with van der Waals surface area (Å²) in [5, 5.41) is 6.31. The molecule has 1 fully saturated rings. The van der Waals surface area contributed by atoms with Gasteiger partial charge in [-0.25, -0.2) is 4.98 Å². The number of hydrogen-bond donors (Lipinski definition) is 1. The molecule has 0 bridgehead atoms. The van der Waals surface area contributed by atoms with E-state index in [0.717, 1.165) is 36.6 Å². The maximum Gasteiger partial charge on any atom is 0.229 e. The van der Waals surface area contributed by atoms with Crippen molar-refractivity contribution in [3.8, 4) is 5.75 Å². The minimum absolute atomic E-state index is 0.0407. The Morgan fingerprint density at radius 3 is 2.96 bits per heavy atom. The molecule has 1 aromatic carbocycles. The largest absolute Gasteiger partial charge is 0.494 e. The molecule has 0 saturated carbocycles. The minimum atomic E-state index is -0.0407. The van der Waals surface area contributed by atoms with Crippen molar-refractivity contribution in [2.45, 2.75) is 19.8 Å². The number of aromatic nitrogens is 1. The zero-order valence-corrected chi connectivity index (χ0v) is 16.2. The van der Waals surface area contributed by atoms with E-state index in [1.165, 1.54) is 10.1 Å². The number of anilines is 2. The molecule has 4 rings (SSSR count). The first-order valence-electron chi connectivity index (χ1n) is 9.35. The van der Waals surface area contributed by atoms with Crippen molar-refractivity contribution in [3.05, 3.63) is 48.0 Å². The monoisotopic (exact) mass is 381 g/mol. The third kappa shape index (κ3) is 3.90. The highest BCUT2D eigenvalue weighted by Gasteiger charge is 2.27. The molecule has 27 heavy (non-hydrogen) atoms. The Morgan fingerprint density at radius 2 is 2.15 bits per heavy atom. The lowest BCUT2D eigenvalue weighted by Crippen LogP contribution is -2.41. The Hall–Kier alpha value is -2.60. The van der Waals surface area contributed by atoms with Gasteiger partial charge in [-0.2, -0.15) is 0 Å². The highest BCUT2D eigenvalue weighted by atomic mass is 32.1. The number of ether oxygens (including phenoxy) is 1. The first-order chi connectivity index (χ1) is 13.2. The molecule has 0 radical (unpaired) electrons. The third-order valence-electron chi connectivity index (χ3n) is 4.88. The topological polar surface area (TPSA) is 54.5 Å². The van der Waals surface area contributed by atoms with Gasteiger partial charge < -0.3 is 15.0 Å². The molecular formula is C21H23N3O2S. The second-order valence-corrected chi connectivity index (χ2v) is 7.65. The van der Waals surface area contributed by atoms with Crippen molar-refractivity contribution in [1.82, 2.24) is 4.98 Å². The Morgan fingerprint density at radius 1 is 1.30 bits per heavy atom. The van der Waals surface area contributed by atoms with E-state index in [9.17, 15) is 4.79 Å². The predicted molar refractivity (Wildman–Crippen MR) is 111 cm³/mol. The molecule has 3 aromatic rings. The van der Waals surface area contributed by atoms with Crippen LogP contribution in [0.5, 0.6) is 5.75 Å². The lowest BCUT2D eigenvalue weighted by Gasteiger charge is -2.33. The number of nitrogens with one attached hydrogen (secondary N) is 1. The summed E-state index contributed by atoms with van der Waals surface area (Å²) >= 11 is 1.72. The maximum absolute atomic E-state index is 12.8. The number of carbonyl (C=O) groups is 1. The average molecular weight is 382 g/mol. The van der Waals surface area contributed by atoms with Gasteiger partial charge in [0.1, 0.15) is 11.6 Å². The number of thiophene rings is 1. The van der Waals surface area contributed by atoms with Crippen LogP contribution in [0, 0.1) is 5.92 Å². The van der Waals surface area contributed by atoms with Crippen LogP contribution in [0.1, 0.15) is 19.8 Å². The van der Waals surface area contributed by atoms with E-state index in [-0.39, 0.29) is 11.8 Å². The number of pyridine rings is 1. The third-order valence-corrected chi connectivity index (χ3v) is 5.77. The van der Waals surface area contributed by atoms with Crippen LogP contribution in [0.2, 0.25) is 0 Å². The summed E-state index contributed by atoms with van der Waals surface area (Å²) in [4.78, 5) is 19.6. The lowest BCUT2D eigenvalue weighted by molar-refractivity contribution is -0.120. The van der Waals surface area contributed by atoms with E-state index in [4.69, 9.17) is 4.74 Å². The van der Waals surface area contributed by atoms with E-state index in [0.29, 0.717) is 13.2 Å². The van der Waals surface area contributed by atoms with Gasteiger partial charge in [0.25, 0.3) is 0 Å². The summed E-state index contributed by atoms with van der Waals surface area (Å²) < 4.78 is 6.69. The maximum atomic E-state index is 12.8. The summed E-state index contributed by atoms with van der Waals surface area (Å²) in [5.41, 5.74) is 0.804. The molecule has 1 atom stereocenters. The molecule has 6 heteroatoms. The van der Waals surface area contributed by atoms with Gasteiger partial charge in [0.2, 0.25) is 5.91 Å². The summed E-state index contributed by atoms with van der Waals surface area (Å²) in [6, 6.07) is 11.7. The molecule has 5 nitrogen and oxygen atoms in total. The van der Waals surface area contributed by atoms with Crippen molar-refractivity contribution in [2.24, 2.45) is 5.92 Å². The van der Waals surface area contributed by atoms with Gasteiger partial charge in [-0.05, 0) is 61.5 Å². The second-order valence-electron chi connectivity index (χ2n) is 6.70. The van der Waals surface area contributed by atoms with Crippen LogP contribution in [0.25, 0.3) is 10.1 Å². The zero-order valence-electron chi connectivity index (χ0n) is 15.4. The number of nitrogens with zero attached hydrogens (tertiary/aromatic N) is 2. The molecule has 140 valence electrons. The van der Waals surface area contributed by atoms with Crippen LogP contribution in [-0.4, -0.2) is 30.6 Å². The number of benzene rings is 1.